The smallest absolute Gasteiger partial charge is 0.365 e. The van der Waals surface area contributed by atoms with Crippen molar-refractivity contribution in [2.24, 2.45) is 0 Å². The molecule has 18 nitrogen and oxygen atoms in total. The molecule has 9 rings (SSSR count). The summed E-state index contributed by atoms with van der Waals surface area (Å²) in [6, 6.07) is 0. The Labute approximate surface area is 279 Å². The average Bonchev–Trinajstić information content (AvgIpc) is 3.81. The molecule has 0 aromatic carbocycles. The molecule has 3 fully saturated rings. The summed E-state index contributed by atoms with van der Waals surface area (Å²) < 4.78 is 82.8. The van der Waals surface area contributed by atoms with Gasteiger partial charge < -0.3 is 29.5 Å². The van der Waals surface area contributed by atoms with Gasteiger partial charge in [-0.3, -0.25) is 22.7 Å². The largest absolute Gasteiger partial charge is 0.386 e. The van der Waals surface area contributed by atoms with Gasteiger partial charge in [0.15, 0.2) is 58.8 Å². The number of aromatic nitrogens is 8. The Bertz CT molecular complexity index is 1860. The van der Waals surface area contributed by atoms with Crippen LogP contribution in [0.2, 0.25) is 0 Å². The minimum atomic E-state index is -4.38. The highest BCUT2D eigenvalue weighted by molar-refractivity contribution is 8.44. The minimum Gasteiger partial charge on any atom is -0.365 e. The summed E-state index contributed by atoms with van der Waals surface area (Å²) in [5, 5.41) is 6.30. The van der Waals surface area contributed by atoms with Crippen molar-refractivity contribution in [3.05, 3.63) is 37.5 Å². The van der Waals surface area contributed by atoms with Crippen LogP contribution in [0.15, 0.2) is 37.5 Å². The van der Waals surface area contributed by atoms with Gasteiger partial charge in [-0.25, -0.2) is 43.2 Å². The third-order valence-corrected chi connectivity index (χ3v) is 11.2. The number of fused-ring (bicyclic) bond motifs is 10. The fraction of sp³-hybridized carbons (Fsp3) is 0.500. The van der Waals surface area contributed by atoms with E-state index in [1.54, 1.807) is 0 Å². The fourth-order valence-corrected chi connectivity index (χ4v) is 8.79. The maximum Gasteiger partial charge on any atom is 0.386 e. The fourth-order valence-electron chi connectivity index (χ4n) is 5.87. The summed E-state index contributed by atoms with van der Waals surface area (Å²) in [5.41, 5.74) is 1.09. The first-order chi connectivity index (χ1) is 23.1. The molecule has 14 bridgehead atoms. The molecule has 0 amide bonds. The van der Waals surface area contributed by atoms with Gasteiger partial charge in [0.1, 0.15) is 37.1 Å². The summed E-state index contributed by atoms with van der Waals surface area (Å²) in [4.78, 5) is 36.8. The lowest BCUT2D eigenvalue weighted by Gasteiger charge is -2.29. The first-order valence-electron chi connectivity index (χ1n) is 14.5. The zero-order valence-corrected chi connectivity index (χ0v) is 27.8. The second-order valence-corrected chi connectivity index (χ2v) is 16.7. The second-order valence-electron chi connectivity index (χ2n) is 11.0. The molecule has 3 N–H and O–H groups in total. The first kappa shape index (κ1) is 32.5. The van der Waals surface area contributed by atoms with Gasteiger partial charge in [0, 0.05) is 13.1 Å². The quantitative estimate of drug-likeness (QED) is 0.116. The molecule has 5 aliphatic heterocycles. The number of nitrogens with zero attached hydrogens (tertiary/aromatic N) is 8. The topological polar surface area (TPSA) is 204 Å². The molecular weight excluding hydrogens is 720 g/mol. The Morgan fingerprint density at radius 3 is 1.85 bits per heavy atom. The van der Waals surface area contributed by atoms with Crippen LogP contribution >= 0.6 is 25.8 Å². The van der Waals surface area contributed by atoms with Gasteiger partial charge in [0.2, 0.25) is 0 Å². The number of alkyl halides is 2. The van der Waals surface area contributed by atoms with E-state index in [1.807, 2.05) is 12.2 Å². The van der Waals surface area contributed by atoms with E-state index in [4.69, 9.17) is 39.4 Å². The molecule has 24 heteroatoms. The molecule has 10 atom stereocenters. The molecule has 0 aliphatic carbocycles. The standard InChI is InChI=1S/C24H26F2N10O8P2S2/c25-13-17-11-5-39-46(38,48)44-18-12(6-40-45(37,47)43-17)42-24(14(18)26)36-10-34-16-20(30-8-32-22(16)36)28-4-2-1-3-27-19-15-21(31-7-29-19)35(9-33-15)23(13)41-11/h1-2,7-14,17-18,23-24H,3-6H2,(H,37,47)(H,38,48)(H,27,29,31)(H,28,30,32)/b2-1+/t11-,12-,13-,14-,17-,18-,23-,24-,45?,46?/m1/s1. The predicted octanol–water partition coefficient (Wildman–Crippen LogP) is 2.60. The number of anilines is 2. The Kier molecular flexibility index (Phi) is 8.48. The third kappa shape index (κ3) is 5.91. The van der Waals surface area contributed by atoms with Gasteiger partial charge in [0.25, 0.3) is 0 Å². The highest BCUT2D eigenvalue weighted by Crippen LogP contribution is 2.58. The van der Waals surface area contributed by atoms with Gasteiger partial charge in [0.05, 0.1) is 25.9 Å². The lowest BCUT2D eigenvalue weighted by molar-refractivity contribution is -0.0564. The molecule has 0 radical (unpaired) electrons. The third-order valence-electron chi connectivity index (χ3n) is 8.05. The molecule has 0 saturated carbocycles. The molecule has 5 aliphatic rings. The Morgan fingerprint density at radius 2 is 1.31 bits per heavy atom. The van der Waals surface area contributed by atoms with Gasteiger partial charge in [-0.1, -0.05) is 24.4 Å². The van der Waals surface area contributed by atoms with Gasteiger partial charge >= 0.3 is 13.5 Å². The van der Waals surface area contributed by atoms with Crippen LogP contribution in [0.4, 0.5) is 20.4 Å². The van der Waals surface area contributed by atoms with Crippen molar-refractivity contribution in [3.8, 4) is 0 Å². The van der Waals surface area contributed by atoms with E-state index in [0.29, 0.717) is 35.8 Å². The maximum atomic E-state index is 16.2. The second kappa shape index (κ2) is 12.5. The highest BCUT2D eigenvalue weighted by Gasteiger charge is 2.54. The van der Waals surface area contributed by atoms with Crippen molar-refractivity contribution >= 4 is 71.5 Å². The van der Waals surface area contributed by atoms with E-state index in [1.165, 1.54) is 34.4 Å². The Balaban J connectivity index is 1.21. The van der Waals surface area contributed by atoms with Crippen molar-refractivity contribution in [2.75, 3.05) is 36.9 Å². The van der Waals surface area contributed by atoms with Gasteiger partial charge in [-0.2, -0.15) is 0 Å². The Hall–Kier alpha value is -2.75. The highest BCUT2D eigenvalue weighted by atomic mass is 32.7. The summed E-state index contributed by atoms with van der Waals surface area (Å²) in [6.45, 7) is -9.13. The monoisotopic (exact) mass is 746 g/mol. The normalized spacial score (nSPS) is 38.0. The van der Waals surface area contributed by atoms with Crippen molar-refractivity contribution in [2.45, 2.75) is 49.2 Å². The Morgan fingerprint density at radius 1 is 0.812 bits per heavy atom. The van der Waals surface area contributed by atoms with Crippen molar-refractivity contribution in [3.63, 3.8) is 0 Å². The lowest BCUT2D eigenvalue weighted by Crippen LogP contribution is -2.37. The molecule has 0 spiro atoms. The molecule has 9 heterocycles. The van der Waals surface area contributed by atoms with E-state index < -0.39 is 75.9 Å². The number of hydrogen-bond acceptors (Lipinski definition) is 16. The van der Waals surface area contributed by atoms with Crippen molar-refractivity contribution < 1.29 is 45.8 Å². The number of halogens is 2. The molecule has 256 valence electrons. The zero-order valence-electron chi connectivity index (χ0n) is 24.3. The molecule has 3 saturated heterocycles. The van der Waals surface area contributed by atoms with Crippen LogP contribution in [0.25, 0.3) is 22.3 Å². The number of nitrogens with one attached hydrogen (secondary N) is 2. The molecular formula is C24H26F2N10O8P2S2. The minimum absolute atomic E-state index is 0.222. The molecule has 4 aromatic heterocycles. The number of rotatable bonds is 0. The van der Waals surface area contributed by atoms with Crippen LogP contribution in [0.1, 0.15) is 12.5 Å². The first-order valence-corrected chi connectivity index (χ1v) is 19.8. The van der Waals surface area contributed by atoms with E-state index in [-0.39, 0.29) is 11.3 Å². The average molecular weight is 747 g/mol. The summed E-state index contributed by atoms with van der Waals surface area (Å²) >= 11 is 9.28. The molecule has 2 unspecified atom stereocenters. The zero-order chi connectivity index (χ0) is 33.2. The number of thiol groups is 1. The van der Waals surface area contributed by atoms with Crippen LogP contribution in [-0.2, 0) is 43.9 Å². The van der Waals surface area contributed by atoms with Crippen molar-refractivity contribution in [1.29, 1.82) is 0 Å². The van der Waals surface area contributed by atoms with E-state index in [9.17, 15) is 9.46 Å². The summed E-state index contributed by atoms with van der Waals surface area (Å²) in [5.74, 6) is 0.753. The summed E-state index contributed by atoms with van der Waals surface area (Å²) in [7, 11) is 0. The molecule has 4 aromatic rings. The predicted molar refractivity (Wildman–Crippen MR) is 169 cm³/mol. The van der Waals surface area contributed by atoms with E-state index >= 15 is 8.78 Å². The van der Waals surface area contributed by atoms with Gasteiger partial charge in [-0.05, 0) is 11.8 Å². The van der Waals surface area contributed by atoms with Crippen LogP contribution < -0.4 is 10.6 Å². The number of hydrogen-bond donors (Lipinski definition) is 4. The van der Waals surface area contributed by atoms with Crippen LogP contribution in [0.3, 0.4) is 0 Å². The summed E-state index contributed by atoms with van der Waals surface area (Å²) in [6.07, 6.45) is -3.72. The number of ether oxygens (including phenoxy) is 2. The van der Waals surface area contributed by atoms with Crippen LogP contribution in [0, 0.1) is 0 Å². The SMILES string of the molecule is O=P1(S)OC[C@H]2O[C@@H]3[C@H](F)[C@@H]2OP(O)(=S)OC[C@H]2O[C@H]([C@H](F)[C@@H]2O1)n1cnc2c(ncnc21)NC/C=C/CNc1ncnc2c1ncn23. The van der Waals surface area contributed by atoms with Crippen molar-refractivity contribution in [1.82, 2.24) is 39.0 Å². The van der Waals surface area contributed by atoms with Crippen LogP contribution in [-0.4, -0.2) is 107 Å². The number of imidazole rings is 2. The molecule has 48 heavy (non-hydrogen) atoms. The maximum absolute atomic E-state index is 16.2. The van der Waals surface area contributed by atoms with Crippen LogP contribution in [0.5, 0.6) is 0 Å². The van der Waals surface area contributed by atoms with E-state index in [2.05, 4.69) is 52.8 Å². The van der Waals surface area contributed by atoms with Gasteiger partial charge in [-0.15, -0.1) is 0 Å². The van der Waals surface area contributed by atoms with E-state index in [0.717, 1.165) is 0 Å². The lowest BCUT2D eigenvalue weighted by atomic mass is 10.1.